The average Bonchev–Trinajstić information content (AvgIpc) is 3.34. The summed E-state index contributed by atoms with van der Waals surface area (Å²) in [6.07, 6.45) is 2.50. The molecule has 21 heavy (non-hydrogen) atoms. The molecule has 1 aromatic rings. The number of likely N-dealkylation sites (N-methyl/N-ethyl adjacent to an activating group) is 1. The quantitative estimate of drug-likeness (QED) is 0.900. The van der Waals surface area contributed by atoms with Crippen LogP contribution < -0.4 is 10.2 Å². The highest BCUT2D eigenvalue weighted by atomic mass is 15.3. The summed E-state index contributed by atoms with van der Waals surface area (Å²) < 4.78 is 0. The first-order valence-corrected chi connectivity index (χ1v) is 8.32. The normalized spacial score (nSPS) is 19.9. The highest BCUT2D eigenvalue weighted by Crippen LogP contribution is 2.40. The molecule has 1 saturated carbocycles. The Bertz CT molecular complexity index is 490. The fourth-order valence-corrected chi connectivity index (χ4v) is 2.97. The van der Waals surface area contributed by atoms with Gasteiger partial charge in [0.2, 0.25) is 0 Å². The van der Waals surface area contributed by atoms with Gasteiger partial charge in [-0.2, -0.15) is 0 Å². The van der Waals surface area contributed by atoms with Crippen molar-refractivity contribution in [3.8, 4) is 0 Å². The molecule has 0 bridgehead atoms. The molecule has 1 saturated heterocycles. The van der Waals surface area contributed by atoms with Gasteiger partial charge in [-0.05, 0) is 33.2 Å². The van der Waals surface area contributed by atoms with Gasteiger partial charge < -0.3 is 15.1 Å². The maximum absolute atomic E-state index is 4.91. The van der Waals surface area contributed by atoms with Crippen molar-refractivity contribution in [3.63, 3.8) is 0 Å². The van der Waals surface area contributed by atoms with Crippen molar-refractivity contribution < 1.29 is 0 Å². The lowest BCUT2D eigenvalue weighted by Crippen LogP contribution is -2.46. The lowest BCUT2D eigenvalue weighted by molar-refractivity contribution is 0.270. The number of nitrogens with zero attached hydrogens (tertiary/aromatic N) is 4. The zero-order valence-electron chi connectivity index (χ0n) is 13.5. The van der Waals surface area contributed by atoms with Crippen LogP contribution in [0.2, 0.25) is 0 Å². The molecule has 1 aromatic heterocycles. The van der Waals surface area contributed by atoms with Crippen LogP contribution >= 0.6 is 0 Å². The summed E-state index contributed by atoms with van der Waals surface area (Å²) in [7, 11) is 0. The van der Waals surface area contributed by atoms with Gasteiger partial charge >= 0.3 is 0 Å². The van der Waals surface area contributed by atoms with Gasteiger partial charge in [-0.3, -0.25) is 0 Å². The molecule has 5 heteroatoms. The van der Waals surface area contributed by atoms with Crippen LogP contribution in [0.25, 0.3) is 0 Å². The molecule has 1 aliphatic heterocycles. The topological polar surface area (TPSA) is 44.3 Å². The third-order valence-corrected chi connectivity index (χ3v) is 4.54. The van der Waals surface area contributed by atoms with E-state index in [9.17, 15) is 0 Å². The number of rotatable bonds is 5. The highest BCUT2D eigenvalue weighted by molar-refractivity contribution is 5.59. The Labute approximate surface area is 127 Å². The Balaban J connectivity index is 1.86. The molecule has 1 aliphatic carbocycles. The Morgan fingerprint density at radius 3 is 2.38 bits per heavy atom. The minimum atomic E-state index is 0.596. The van der Waals surface area contributed by atoms with Gasteiger partial charge in [0.1, 0.15) is 17.5 Å². The molecule has 0 radical (unpaired) electrons. The van der Waals surface area contributed by atoms with E-state index in [1.165, 1.54) is 18.4 Å². The van der Waals surface area contributed by atoms with E-state index in [4.69, 9.17) is 9.97 Å². The van der Waals surface area contributed by atoms with Crippen LogP contribution in [0, 0.1) is 6.92 Å². The average molecular weight is 289 g/mol. The van der Waals surface area contributed by atoms with E-state index in [1.54, 1.807) is 0 Å². The van der Waals surface area contributed by atoms with E-state index in [0.29, 0.717) is 5.92 Å². The summed E-state index contributed by atoms with van der Waals surface area (Å²) in [5.41, 5.74) is 1.20. The lowest BCUT2D eigenvalue weighted by atomic mass is 10.2. The number of hydrogen-bond donors (Lipinski definition) is 1. The standard InChI is InChI=1S/C16H27N5/c1-4-17-14-12(3)16(19-15(18-14)13-6-7-13)21-10-8-20(5-2)9-11-21/h13H,4-11H2,1-3H3,(H,17,18,19). The van der Waals surface area contributed by atoms with Crippen LogP contribution in [0.3, 0.4) is 0 Å². The fraction of sp³-hybridized carbons (Fsp3) is 0.750. The molecule has 0 spiro atoms. The van der Waals surface area contributed by atoms with Crippen molar-refractivity contribution in [3.05, 3.63) is 11.4 Å². The van der Waals surface area contributed by atoms with Crippen molar-refractivity contribution >= 4 is 11.6 Å². The summed E-state index contributed by atoms with van der Waals surface area (Å²) >= 11 is 0. The third-order valence-electron chi connectivity index (χ3n) is 4.54. The number of anilines is 2. The SMILES string of the molecule is CCNc1nc(C2CC2)nc(N2CCN(CC)CC2)c1C. The van der Waals surface area contributed by atoms with Crippen molar-refractivity contribution in [1.82, 2.24) is 14.9 Å². The lowest BCUT2D eigenvalue weighted by Gasteiger charge is -2.35. The molecule has 0 unspecified atom stereocenters. The summed E-state index contributed by atoms with van der Waals surface area (Å²) in [5, 5.41) is 3.41. The van der Waals surface area contributed by atoms with Crippen LogP contribution in [-0.2, 0) is 0 Å². The summed E-state index contributed by atoms with van der Waals surface area (Å²) in [6.45, 7) is 13.0. The maximum atomic E-state index is 4.91. The van der Waals surface area contributed by atoms with Crippen molar-refractivity contribution in [2.24, 2.45) is 0 Å². The number of piperazine rings is 1. The molecule has 0 aromatic carbocycles. The Kier molecular flexibility index (Phi) is 4.29. The molecular formula is C16H27N5. The van der Waals surface area contributed by atoms with Crippen molar-refractivity contribution in [1.29, 1.82) is 0 Å². The molecule has 0 amide bonds. The van der Waals surface area contributed by atoms with Gasteiger partial charge in [0.15, 0.2) is 0 Å². The second kappa shape index (κ2) is 6.18. The zero-order chi connectivity index (χ0) is 14.8. The Morgan fingerprint density at radius 2 is 1.81 bits per heavy atom. The molecule has 5 nitrogen and oxygen atoms in total. The Hall–Kier alpha value is -1.36. The molecular weight excluding hydrogens is 262 g/mol. The first kappa shape index (κ1) is 14.6. The first-order valence-electron chi connectivity index (χ1n) is 8.32. The van der Waals surface area contributed by atoms with Gasteiger partial charge in [0.05, 0.1) is 0 Å². The van der Waals surface area contributed by atoms with E-state index in [-0.39, 0.29) is 0 Å². The van der Waals surface area contributed by atoms with Crippen molar-refractivity contribution in [2.45, 2.75) is 39.5 Å². The molecule has 2 heterocycles. The largest absolute Gasteiger partial charge is 0.370 e. The summed E-state index contributed by atoms with van der Waals surface area (Å²) in [4.78, 5) is 14.6. The third kappa shape index (κ3) is 3.12. The van der Waals surface area contributed by atoms with Gasteiger partial charge in [0, 0.05) is 44.2 Å². The van der Waals surface area contributed by atoms with Crippen LogP contribution in [0.1, 0.15) is 44.0 Å². The molecule has 3 rings (SSSR count). The molecule has 0 atom stereocenters. The van der Waals surface area contributed by atoms with Gasteiger partial charge in [-0.25, -0.2) is 9.97 Å². The smallest absolute Gasteiger partial charge is 0.137 e. The maximum Gasteiger partial charge on any atom is 0.137 e. The van der Waals surface area contributed by atoms with Gasteiger partial charge in [-0.15, -0.1) is 0 Å². The molecule has 2 fully saturated rings. The second-order valence-electron chi connectivity index (χ2n) is 6.10. The van der Waals surface area contributed by atoms with Crippen molar-refractivity contribution in [2.75, 3.05) is 49.5 Å². The monoisotopic (exact) mass is 289 g/mol. The molecule has 1 N–H and O–H groups in total. The number of nitrogens with one attached hydrogen (secondary N) is 1. The zero-order valence-corrected chi connectivity index (χ0v) is 13.5. The molecule has 116 valence electrons. The first-order chi connectivity index (χ1) is 10.2. The van der Waals surface area contributed by atoms with E-state index in [0.717, 1.165) is 56.7 Å². The number of aromatic nitrogens is 2. The van der Waals surface area contributed by atoms with E-state index >= 15 is 0 Å². The van der Waals surface area contributed by atoms with E-state index in [2.05, 4.69) is 35.9 Å². The van der Waals surface area contributed by atoms with Crippen LogP contribution in [0.4, 0.5) is 11.6 Å². The molecule has 2 aliphatic rings. The van der Waals surface area contributed by atoms with Crippen LogP contribution in [0.15, 0.2) is 0 Å². The van der Waals surface area contributed by atoms with E-state index < -0.39 is 0 Å². The second-order valence-corrected chi connectivity index (χ2v) is 6.10. The predicted octanol–water partition coefficient (Wildman–Crippen LogP) is 2.24. The van der Waals surface area contributed by atoms with Crippen LogP contribution in [-0.4, -0.2) is 54.1 Å². The fourth-order valence-electron chi connectivity index (χ4n) is 2.97. The summed E-state index contributed by atoms with van der Waals surface area (Å²) in [5.74, 6) is 3.82. The minimum Gasteiger partial charge on any atom is -0.370 e. The minimum absolute atomic E-state index is 0.596. The predicted molar refractivity (Wildman–Crippen MR) is 87.2 cm³/mol. The summed E-state index contributed by atoms with van der Waals surface area (Å²) in [6, 6.07) is 0. The highest BCUT2D eigenvalue weighted by Gasteiger charge is 2.29. The van der Waals surface area contributed by atoms with Gasteiger partial charge in [-0.1, -0.05) is 6.92 Å². The number of hydrogen-bond acceptors (Lipinski definition) is 5. The van der Waals surface area contributed by atoms with Crippen LogP contribution in [0.5, 0.6) is 0 Å². The van der Waals surface area contributed by atoms with E-state index in [1.807, 2.05) is 0 Å². The Morgan fingerprint density at radius 1 is 1.10 bits per heavy atom. The van der Waals surface area contributed by atoms with Gasteiger partial charge in [0.25, 0.3) is 0 Å².